The molecule has 3 nitrogen and oxygen atoms in total. The normalized spacial score (nSPS) is 11.1. The first-order valence-electron chi connectivity index (χ1n) is 8.59. The van der Waals surface area contributed by atoms with Crippen molar-refractivity contribution in [2.24, 2.45) is 4.99 Å². The van der Waals surface area contributed by atoms with E-state index in [4.69, 9.17) is 28.8 Å². The highest BCUT2D eigenvalue weighted by Gasteiger charge is 2.07. The summed E-state index contributed by atoms with van der Waals surface area (Å²) in [6, 6.07) is 25.7. The Hall–Kier alpha value is -2.69. The molecule has 0 atom stereocenters. The fourth-order valence-corrected chi connectivity index (χ4v) is 2.81. The third-order valence-corrected chi connectivity index (χ3v) is 4.38. The number of nitrogens with one attached hydrogen (secondary N) is 2. The van der Waals surface area contributed by atoms with Crippen LogP contribution in [-0.2, 0) is 6.54 Å². The van der Waals surface area contributed by atoms with Gasteiger partial charge in [0.25, 0.3) is 0 Å². The Morgan fingerprint density at radius 1 is 0.926 bits per heavy atom. The molecule has 0 aliphatic heterocycles. The number of thiocarbonyl (C=S) groups is 1. The number of amidine groups is 1. The van der Waals surface area contributed by atoms with Crippen LogP contribution >= 0.6 is 23.8 Å². The molecule has 0 aliphatic rings. The quantitative estimate of drug-likeness (QED) is 0.345. The molecule has 5 heteroatoms. The summed E-state index contributed by atoms with van der Waals surface area (Å²) in [5, 5.41) is 7.54. The average molecular weight is 394 g/mol. The Labute approximate surface area is 170 Å². The van der Waals surface area contributed by atoms with Crippen LogP contribution in [0.2, 0.25) is 5.02 Å². The van der Waals surface area contributed by atoms with E-state index in [2.05, 4.69) is 41.8 Å². The maximum atomic E-state index is 5.93. The van der Waals surface area contributed by atoms with E-state index < -0.39 is 0 Å². The second kappa shape index (κ2) is 9.31. The lowest BCUT2D eigenvalue weighted by Gasteiger charge is -2.14. The number of hydrogen-bond donors (Lipinski definition) is 2. The molecular weight excluding hydrogens is 374 g/mol. The smallest absolute Gasteiger partial charge is 0.176 e. The molecule has 0 saturated carbocycles. The third-order valence-electron chi connectivity index (χ3n) is 3.92. The molecule has 0 fully saturated rings. The number of hydrogen-bond acceptors (Lipinski definition) is 2. The van der Waals surface area contributed by atoms with E-state index in [0.717, 1.165) is 22.6 Å². The molecule has 0 heterocycles. The van der Waals surface area contributed by atoms with Crippen molar-refractivity contribution in [3.8, 4) is 0 Å². The van der Waals surface area contributed by atoms with Gasteiger partial charge >= 0.3 is 0 Å². The summed E-state index contributed by atoms with van der Waals surface area (Å²) in [5.74, 6) is 0.727. The van der Waals surface area contributed by atoms with Crippen LogP contribution < -0.4 is 10.6 Å². The molecule has 2 N–H and O–H groups in total. The molecule has 0 aliphatic carbocycles. The first kappa shape index (κ1) is 19.1. The summed E-state index contributed by atoms with van der Waals surface area (Å²) in [6.07, 6.45) is 0. The van der Waals surface area contributed by atoms with E-state index >= 15 is 0 Å². The molecule has 0 unspecified atom stereocenters. The van der Waals surface area contributed by atoms with Crippen LogP contribution in [0, 0.1) is 6.92 Å². The molecule has 27 heavy (non-hydrogen) atoms. The van der Waals surface area contributed by atoms with Gasteiger partial charge in [-0.2, -0.15) is 0 Å². The SMILES string of the molecule is Cc1ccc(C(=NCc2ccccc2)NC(=S)Nc2ccc(Cl)cc2)cc1. The zero-order valence-electron chi connectivity index (χ0n) is 14.9. The summed E-state index contributed by atoms with van der Waals surface area (Å²) in [6.45, 7) is 2.63. The predicted molar refractivity (Wildman–Crippen MR) is 119 cm³/mol. The van der Waals surface area contributed by atoms with Crippen LogP contribution in [0.1, 0.15) is 16.7 Å². The molecule has 0 spiro atoms. The number of rotatable bonds is 4. The molecule has 0 amide bonds. The lowest BCUT2D eigenvalue weighted by atomic mass is 10.1. The van der Waals surface area contributed by atoms with Gasteiger partial charge in [-0.3, -0.25) is 4.99 Å². The minimum atomic E-state index is 0.477. The number of anilines is 1. The van der Waals surface area contributed by atoms with Gasteiger partial charge in [0.2, 0.25) is 0 Å². The van der Waals surface area contributed by atoms with Crippen molar-refractivity contribution in [3.63, 3.8) is 0 Å². The maximum absolute atomic E-state index is 5.93. The second-order valence-corrected chi connectivity index (χ2v) is 6.95. The number of aryl methyl sites for hydroxylation is 1. The highest BCUT2D eigenvalue weighted by Crippen LogP contribution is 2.13. The van der Waals surface area contributed by atoms with Crippen LogP contribution in [0.5, 0.6) is 0 Å². The molecule has 0 aromatic heterocycles. The van der Waals surface area contributed by atoms with Gasteiger partial charge in [0.05, 0.1) is 6.54 Å². The topological polar surface area (TPSA) is 36.4 Å². The molecular formula is C22H20ClN3S. The van der Waals surface area contributed by atoms with Crippen molar-refractivity contribution < 1.29 is 0 Å². The highest BCUT2D eigenvalue weighted by atomic mass is 35.5. The molecule has 3 aromatic rings. The lowest BCUT2D eigenvalue weighted by Crippen LogP contribution is -2.35. The van der Waals surface area contributed by atoms with E-state index in [1.54, 1.807) is 0 Å². The van der Waals surface area contributed by atoms with Gasteiger partial charge in [-0.05, 0) is 49.0 Å². The van der Waals surface area contributed by atoms with Gasteiger partial charge in [-0.25, -0.2) is 0 Å². The number of benzene rings is 3. The number of nitrogens with zero attached hydrogens (tertiary/aromatic N) is 1. The van der Waals surface area contributed by atoms with E-state index in [0.29, 0.717) is 16.7 Å². The zero-order chi connectivity index (χ0) is 19.1. The fourth-order valence-electron chi connectivity index (χ4n) is 2.47. The van der Waals surface area contributed by atoms with Crippen molar-refractivity contribution in [1.29, 1.82) is 0 Å². The van der Waals surface area contributed by atoms with E-state index in [1.165, 1.54) is 5.56 Å². The van der Waals surface area contributed by atoms with Crippen LogP contribution in [0.3, 0.4) is 0 Å². The lowest BCUT2D eigenvalue weighted by molar-refractivity contribution is 1.05. The number of aliphatic imine (C=N–C) groups is 1. The van der Waals surface area contributed by atoms with Gasteiger partial charge in [0.15, 0.2) is 5.11 Å². The van der Waals surface area contributed by atoms with Gasteiger partial charge in [0.1, 0.15) is 5.84 Å². The summed E-state index contributed by atoms with van der Waals surface area (Å²) < 4.78 is 0. The fraction of sp³-hybridized carbons (Fsp3) is 0.0909. The van der Waals surface area contributed by atoms with E-state index in [1.807, 2.05) is 54.6 Å². The van der Waals surface area contributed by atoms with E-state index in [9.17, 15) is 0 Å². The van der Waals surface area contributed by atoms with Crippen molar-refractivity contribution in [2.75, 3.05) is 5.32 Å². The largest absolute Gasteiger partial charge is 0.332 e. The predicted octanol–water partition coefficient (Wildman–Crippen LogP) is 5.58. The Morgan fingerprint density at radius 3 is 2.26 bits per heavy atom. The molecule has 3 rings (SSSR count). The highest BCUT2D eigenvalue weighted by molar-refractivity contribution is 7.80. The van der Waals surface area contributed by atoms with Crippen LogP contribution in [0.4, 0.5) is 5.69 Å². The van der Waals surface area contributed by atoms with E-state index in [-0.39, 0.29) is 0 Å². The van der Waals surface area contributed by atoms with Crippen LogP contribution in [0.15, 0.2) is 83.9 Å². The minimum Gasteiger partial charge on any atom is -0.332 e. The Balaban J connectivity index is 1.77. The van der Waals surface area contributed by atoms with Gasteiger partial charge < -0.3 is 10.6 Å². The summed E-state index contributed by atoms with van der Waals surface area (Å²) >= 11 is 11.4. The maximum Gasteiger partial charge on any atom is 0.176 e. The molecule has 0 bridgehead atoms. The first-order valence-corrected chi connectivity index (χ1v) is 9.38. The van der Waals surface area contributed by atoms with Crippen molar-refractivity contribution in [3.05, 3.63) is 101 Å². The Kier molecular flexibility index (Phi) is 6.58. The Morgan fingerprint density at radius 2 is 1.59 bits per heavy atom. The second-order valence-electron chi connectivity index (χ2n) is 6.10. The monoisotopic (exact) mass is 393 g/mol. The molecule has 0 saturated heterocycles. The van der Waals surface area contributed by atoms with Gasteiger partial charge in [-0.15, -0.1) is 0 Å². The van der Waals surface area contributed by atoms with Crippen molar-refractivity contribution >= 4 is 40.5 Å². The molecule has 3 aromatic carbocycles. The van der Waals surface area contributed by atoms with Crippen LogP contribution in [0.25, 0.3) is 0 Å². The van der Waals surface area contributed by atoms with Gasteiger partial charge in [0, 0.05) is 16.3 Å². The summed E-state index contributed by atoms with van der Waals surface area (Å²) in [5.41, 5.74) is 4.18. The summed E-state index contributed by atoms with van der Waals surface area (Å²) in [4.78, 5) is 4.75. The first-order chi connectivity index (χ1) is 13.1. The zero-order valence-corrected chi connectivity index (χ0v) is 16.5. The number of halogens is 1. The molecule has 136 valence electrons. The summed E-state index contributed by atoms with van der Waals surface area (Å²) in [7, 11) is 0. The van der Waals surface area contributed by atoms with Crippen LogP contribution in [-0.4, -0.2) is 10.9 Å². The van der Waals surface area contributed by atoms with Crippen molar-refractivity contribution in [2.45, 2.75) is 13.5 Å². The molecule has 0 radical (unpaired) electrons. The Bertz CT molecular complexity index is 920. The third kappa shape index (κ3) is 5.91. The standard InChI is InChI=1S/C22H20ClN3S/c1-16-7-9-18(10-8-16)21(24-15-17-5-3-2-4-6-17)26-22(27)25-20-13-11-19(23)12-14-20/h2-14H,15H2,1H3,(H2,24,25,26,27). The average Bonchev–Trinajstić information content (AvgIpc) is 2.68. The minimum absolute atomic E-state index is 0.477. The van der Waals surface area contributed by atoms with Crippen molar-refractivity contribution in [1.82, 2.24) is 5.32 Å². The van der Waals surface area contributed by atoms with Gasteiger partial charge in [-0.1, -0.05) is 71.8 Å².